The van der Waals surface area contributed by atoms with Crippen LogP contribution < -0.4 is 14.8 Å². The van der Waals surface area contributed by atoms with Crippen LogP contribution >= 0.6 is 0 Å². The van der Waals surface area contributed by atoms with Crippen LogP contribution in [-0.4, -0.2) is 27.4 Å². The number of imidazole rings is 1. The van der Waals surface area contributed by atoms with E-state index in [9.17, 15) is 4.79 Å². The number of benzene rings is 1. The molecule has 0 atom stereocenters. The zero-order chi connectivity index (χ0) is 20.9. The van der Waals surface area contributed by atoms with E-state index >= 15 is 0 Å². The SMILES string of the molecule is COc1ccc(CNC(=O)c2ccccc2OCc2cn3cccc(C)c3n2)cn1. The molecular weight excluding hydrogens is 380 g/mol. The molecule has 0 aliphatic heterocycles. The van der Waals surface area contributed by atoms with Gasteiger partial charge in [0.25, 0.3) is 5.91 Å². The summed E-state index contributed by atoms with van der Waals surface area (Å²) >= 11 is 0. The van der Waals surface area contributed by atoms with Crippen LogP contribution in [0.15, 0.2) is 67.1 Å². The van der Waals surface area contributed by atoms with E-state index in [2.05, 4.69) is 15.3 Å². The van der Waals surface area contributed by atoms with E-state index in [1.165, 1.54) is 0 Å². The van der Waals surface area contributed by atoms with Crippen molar-refractivity contribution in [2.24, 2.45) is 0 Å². The Balaban J connectivity index is 1.43. The third-order valence-corrected chi connectivity index (χ3v) is 4.69. The quantitative estimate of drug-likeness (QED) is 0.511. The predicted octanol–water partition coefficient (Wildman–Crippen LogP) is 3.56. The first-order valence-electron chi connectivity index (χ1n) is 9.56. The van der Waals surface area contributed by atoms with Crippen LogP contribution in [0.1, 0.15) is 27.2 Å². The molecule has 0 aliphatic carbocycles. The Morgan fingerprint density at radius 1 is 1.13 bits per heavy atom. The van der Waals surface area contributed by atoms with Crippen molar-refractivity contribution in [2.75, 3.05) is 7.11 Å². The van der Waals surface area contributed by atoms with Crippen molar-refractivity contribution in [1.82, 2.24) is 19.7 Å². The number of carbonyl (C=O) groups is 1. The summed E-state index contributed by atoms with van der Waals surface area (Å²) in [6, 6.07) is 14.8. The van der Waals surface area contributed by atoms with E-state index in [1.807, 2.05) is 54.0 Å². The number of hydrogen-bond donors (Lipinski definition) is 1. The number of aryl methyl sites for hydroxylation is 1. The Morgan fingerprint density at radius 3 is 2.77 bits per heavy atom. The third-order valence-electron chi connectivity index (χ3n) is 4.69. The number of aromatic nitrogens is 3. The molecule has 3 aromatic heterocycles. The summed E-state index contributed by atoms with van der Waals surface area (Å²) in [4.78, 5) is 21.5. The zero-order valence-corrected chi connectivity index (χ0v) is 16.8. The molecular formula is C23H22N4O3. The lowest BCUT2D eigenvalue weighted by atomic mass is 10.2. The summed E-state index contributed by atoms with van der Waals surface area (Å²) in [6.07, 6.45) is 5.56. The van der Waals surface area contributed by atoms with Gasteiger partial charge in [0, 0.05) is 31.2 Å². The molecule has 1 aromatic carbocycles. The number of amides is 1. The maximum absolute atomic E-state index is 12.7. The summed E-state index contributed by atoms with van der Waals surface area (Å²) in [6.45, 7) is 2.65. The minimum atomic E-state index is -0.215. The van der Waals surface area contributed by atoms with Gasteiger partial charge in [0.2, 0.25) is 5.88 Å². The standard InChI is InChI=1S/C23H22N4O3/c1-16-6-5-11-27-14-18(26-22(16)27)15-30-20-8-4-3-7-19(20)23(28)25-13-17-9-10-21(29-2)24-12-17/h3-12,14H,13,15H2,1-2H3,(H,25,28). The Labute approximate surface area is 174 Å². The molecule has 3 heterocycles. The monoisotopic (exact) mass is 402 g/mol. The van der Waals surface area contributed by atoms with Crippen LogP contribution in [0.3, 0.4) is 0 Å². The second-order valence-corrected chi connectivity index (χ2v) is 6.83. The molecule has 0 bridgehead atoms. The van der Waals surface area contributed by atoms with Crippen molar-refractivity contribution >= 4 is 11.6 Å². The molecule has 0 saturated heterocycles. The molecule has 0 unspecified atom stereocenters. The smallest absolute Gasteiger partial charge is 0.255 e. The van der Waals surface area contributed by atoms with E-state index in [0.717, 1.165) is 22.5 Å². The van der Waals surface area contributed by atoms with Gasteiger partial charge >= 0.3 is 0 Å². The number of fused-ring (bicyclic) bond motifs is 1. The topological polar surface area (TPSA) is 77.8 Å². The normalized spacial score (nSPS) is 10.7. The average molecular weight is 402 g/mol. The van der Waals surface area contributed by atoms with E-state index in [-0.39, 0.29) is 12.5 Å². The highest BCUT2D eigenvalue weighted by atomic mass is 16.5. The summed E-state index contributed by atoms with van der Waals surface area (Å²) in [5, 5.41) is 2.90. The van der Waals surface area contributed by atoms with Gasteiger partial charge in [-0.1, -0.05) is 24.3 Å². The van der Waals surface area contributed by atoms with Crippen molar-refractivity contribution < 1.29 is 14.3 Å². The second-order valence-electron chi connectivity index (χ2n) is 6.83. The van der Waals surface area contributed by atoms with Crippen LogP contribution in [0.25, 0.3) is 5.65 Å². The number of para-hydroxylation sites is 1. The lowest BCUT2D eigenvalue weighted by molar-refractivity contribution is 0.0946. The lowest BCUT2D eigenvalue weighted by Gasteiger charge is -2.11. The van der Waals surface area contributed by atoms with E-state index < -0.39 is 0 Å². The van der Waals surface area contributed by atoms with Crippen LogP contribution in [0.5, 0.6) is 11.6 Å². The minimum absolute atomic E-state index is 0.215. The molecule has 0 radical (unpaired) electrons. The Kier molecular flexibility index (Phi) is 5.61. The number of pyridine rings is 2. The summed E-state index contributed by atoms with van der Waals surface area (Å²) in [5.41, 5.74) is 4.14. The average Bonchev–Trinajstić information content (AvgIpc) is 3.21. The number of nitrogens with zero attached hydrogens (tertiary/aromatic N) is 3. The van der Waals surface area contributed by atoms with E-state index in [0.29, 0.717) is 23.7 Å². The largest absolute Gasteiger partial charge is 0.486 e. The number of methoxy groups -OCH3 is 1. The number of nitrogens with one attached hydrogen (secondary N) is 1. The highest BCUT2D eigenvalue weighted by Crippen LogP contribution is 2.20. The maximum Gasteiger partial charge on any atom is 0.255 e. The molecule has 0 spiro atoms. The molecule has 30 heavy (non-hydrogen) atoms. The number of rotatable bonds is 7. The fourth-order valence-corrected chi connectivity index (χ4v) is 3.12. The van der Waals surface area contributed by atoms with Crippen molar-refractivity contribution in [1.29, 1.82) is 0 Å². The summed E-state index contributed by atoms with van der Waals surface area (Å²) in [7, 11) is 1.56. The van der Waals surface area contributed by atoms with Crippen molar-refractivity contribution in [3.8, 4) is 11.6 Å². The highest BCUT2D eigenvalue weighted by molar-refractivity contribution is 5.96. The van der Waals surface area contributed by atoms with Gasteiger partial charge in [-0.15, -0.1) is 0 Å². The Hall–Kier alpha value is -3.87. The first-order chi connectivity index (χ1) is 14.6. The van der Waals surface area contributed by atoms with Gasteiger partial charge in [-0.3, -0.25) is 4.79 Å². The van der Waals surface area contributed by atoms with Gasteiger partial charge in [-0.05, 0) is 36.2 Å². The summed E-state index contributed by atoms with van der Waals surface area (Å²) < 4.78 is 12.9. The fourth-order valence-electron chi connectivity index (χ4n) is 3.12. The number of carbonyl (C=O) groups excluding carboxylic acids is 1. The van der Waals surface area contributed by atoms with Crippen molar-refractivity contribution in [3.63, 3.8) is 0 Å². The Bertz CT molecular complexity index is 1170. The van der Waals surface area contributed by atoms with Gasteiger partial charge in [-0.2, -0.15) is 0 Å². The van der Waals surface area contributed by atoms with Crippen LogP contribution in [0.4, 0.5) is 0 Å². The van der Waals surface area contributed by atoms with Gasteiger partial charge in [-0.25, -0.2) is 9.97 Å². The first-order valence-corrected chi connectivity index (χ1v) is 9.56. The number of hydrogen-bond acceptors (Lipinski definition) is 5. The molecule has 4 aromatic rings. The van der Waals surface area contributed by atoms with Crippen LogP contribution in [-0.2, 0) is 13.2 Å². The molecule has 7 heteroatoms. The molecule has 0 saturated carbocycles. The Morgan fingerprint density at radius 2 is 2.00 bits per heavy atom. The van der Waals surface area contributed by atoms with Gasteiger partial charge in [0.1, 0.15) is 18.0 Å². The molecule has 0 aliphatic rings. The highest BCUT2D eigenvalue weighted by Gasteiger charge is 2.13. The first kappa shape index (κ1) is 19.4. The fraction of sp³-hybridized carbons (Fsp3) is 0.174. The molecule has 1 amide bonds. The third kappa shape index (κ3) is 4.25. The maximum atomic E-state index is 12.7. The molecule has 7 nitrogen and oxygen atoms in total. The molecule has 152 valence electrons. The van der Waals surface area contributed by atoms with Crippen LogP contribution in [0.2, 0.25) is 0 Å². The van der Waals surface area contributed by atoms with Crippen LogP contribution in [0, 0.1) is 6.92 Å². The molecule has 4 rings (SSSR count). The van der Waals surface area contributed by atoms with Gasteiger partial charge in [0.05, 0.1) is 18.4 Å². The van der Waals surface area contributed by atoms with E-state index in [4.69, 9.17) is 9.47 Å². The van der Waals surface area contributed by atoms with Crippen molar-refractivity contribution in [2.45, 2.75) is 20.1 Å². The van der Waals surface area contributed by atoms with E-state index in [1.54, 1.807) is 31.5 Å². The molecule has 0 fully saturated rings. The van der Waals surface area contributed by atoms with Gasteiger partial charge < -0.3 is 19.2 Å². The second kappa shape index (κ2) is 8.65. The van der Waals surface area contributed by atoms with Crippen molar-refractivity contribution in [3.05, 3.63) is 89.5 Å². The minimum Gasteiger partial charge on any atom is -0.486 e. The number of ether oxygens (including phenoxy) is 2. The predicted molar refractivity (Wildman–Crippen MR) is 113 cm³/mol. The van der Waals surface area contributed by atoms with Gasteiger partial charge in [0.15, 0.2) is 0 Å². The molecule has 1 N–H and O–H groups in total. The summed E-state index contributed by atoms with van der Waals surface area (Å²) in [5.74, 6) is 0.829. The lowest BCUT2D eigenvalue weighted by Crippen LogP contribution is -2.23. The zero-order valence-electron chi connectivity index (χ0n) is 16.8.